The van der Waals surface area contributed by atoms with Crippen LogP contribution in [0.3, 0.4) is 0 Å². The molecule has 2 N–H and O–H groups in total. The van der Waals surface area contributed by atoms with E-state index in [1.807, 2.05) is 45.2 Å². The third kappa shape index (κ3) is 5.05. The first-order valence-corrected chi connectivity index (χ1v) is 9.01. The minimum Gasteiger partial charge on any atom is -0.374 e. The molecule has 2 aromatic rings. The Labute approximate surface area is 155 Å². The third-order valence-electron chi connectivity index (χ3n) is 4.18. The van der Waals surface area contributed by atoms with Gasteiger partial charge in [0.1, 0.15) is 5.82 Å². The molecule has 0 saturated carbocycles. The van der Waals surface area contributed by atoms with E-state index in [0.717, 1.165) is 24.3 Å². The van der Waals surface area contributed by atoms with E-state index >= 15 is 0 Å². The highest BCUT2D eigenvalue weighted by Gasteiger charge is 2.22. The number of amides is 1. The van der Waals surface area contributed by atoms with E-state index in [1.54, 1.807) is 17.0 Å². The van der Waals surface area contributed by atoms with Crippen LogP contribution in [0.1, 0.15) is 30.6 Å². The average molecular weight is 357 g/mol. The Morgan fingerprint density at radius 1 is 1.12 bits per heavy atom. The minimum atomic E-state index is -0.498. The summed E-state index contributed by atoms with van der Waals surface area (Å²) in [7, 11) is 2.00. The maximum Gasteiger partial charge on any atom is 0.261 e. The molecule has 0 spiro atoms. The molecule has 2 aromatic carbocycles. The smallest absolute Gasteiger partial charge is 0.261 e. The van der Waals surface area contributed by atoms with Crippen molar-refractivity contribution in [2.75, 3.05) is 36.5 Å². The number of nitrogens with two attached hydrogens (primary N) is 1. The number of carbonyl (C=O) groups is 1. The number of rotatable bonds is 8. The van der Waals surface area contributed by atoms with E-state index in [0.29, 0.717) is 13.1 Å². The van der Waals surface area contributed by atoms with Crippen LogP contribution < -0.4 is 15.5 Å². The number of hydrogen-bond acceptors (Lipinski definition) is 3. The normalized spacial score (nSPS) is 10.8. The van der Waals surface area contributed by atoms with E-state index in [9.17, 15) is 9.18 Å². The first-order valence-electron chi connectivity index (χ1n) is 9.01. The topological polar surface area (TPSA) is 49.6 Å². The Bertz CT molecular complexity index is 733. The highest BCUT2D eigenvalue weighted by molar-refractivity contribution is 6.06. The van der Waals surface area contributed by atoms with E-state index in [1.165, 1.54) is 12.1 Å². The first-order chi connectivity index (χ1) is 12.4. The summed E-state index contributed by atoms with van der Waals surface area (Å²) in [5.74, 6) is -0.564. The zero-order valence-corrected chi connectivity index (χ0v) is 15.8. The van der Waals surface area contributed by atoms with Gasteiger partial charge < -0.3 is 15.5 Å². The Morgan fingerprint density at radius 3 is 2.46 bits per heavy atom. The van der Waals surface area contributed by atoms with Crippen LogP contribution in [0.15, 0.2) is 48.5 Å². The summed E-state index contributed by atoms with van der Waals surface area (Å²) in [4.78, 5) is 16.8. The molecule has 0 radical (unpaired) electrons. The van der Waals surface area contributed by atoms with Gasteiger partial charge in [-0.25, -0.2) is 4.39 Å². The predicted octanol–water partition coefficient (Wildman–Crippen LogP) is 3.91. The quantitative estimate of drug-likeness (QED) is 0.779. The van der Waals surface area contributed by atoms with Crippen molar-refractivity contribution in [1.29, 1.82) is 0 Å². The van der Waals surface area contributed by atoms with Crippen LogP contribution in [-0.4, -0.2) is 32.6 Å². The van der Waals surface area contributed by atoms with E-state index < -0.39 is 5.82 Å². The van der Waals surface area contributed by atoms with Gasteiger partial charge in [-0.2, -0.15) is 0 Å². The minimum absolute atomic E-state index is 0.0926. The Balaban J connectivity index is 2.35. The van der Waals surface area contributed by atoms with Gasteiger partial charge >= 0.3 is 0 Å². The van der Waals surface area contributed by atoms with Crippen molar-refractivity contribution < 1.29 is 9.18 Å². The van der Waals surface area contributed by atoms with Gasteiger partial charge in [-0.05, 0) is 49.2 Å². The second kappa shape index (κ2) is 9.34. The monoisotopic (exact) mass is 357 g/mol. The summed E-state index contributed by atoms with van der Waals surface area (Å²) >= 11 is 0. The summed E-state index contributed by atoms with van der Waals surface area (Å²) in [6.45, 7) is 6.07. The SMILES string of the molecule is CC(C)CN(C(=O)c1ccccc1F)c1cccc(N(C)CCCN)c1. The number of nitrogens with zero attached hydrogens (tertiary/aromatic N) is 2. The number of benzene rings is 2. The van der Waals surface area contributed by atoms with Crippen molar-refractivity contribution >= 4 is 17.3 Å². The summed E-state index contributed by atoms with van der Waals surface area (Å²) in [5.41, 5.74) is 7.46. The van der Waals surface area contributed by atoms with Crippen molar-refractivity contribution in [3.8, 4) is 0 Å². The molecule has 0 unspecified atom stereocenters. The number of carbonyl (C=O) groups excluding carboxylic acids is 1. The zero-order chi connectivity index (χ0) is 19.1. The molecule has 0 aliphatic carbocycles. The van der Waals surface area contributed by atoms with Crippen LogP contribution in [-0.2, 0) is 0 Å². The van der Waals surface area contributed by atoms with Crippen LogP contribution >= 0.6 is 0 Å². The van der Waals surface area contributed by atoms with Crippen LogP contribution in [0.25, 0.3) is 0 Å². The Hall–Kier alpha value is -2.40. The standard InChI is InChI=1S/C21H28FN3O/c1-16(2)15-25(21(26)19-10-4-5-11-20(19)22)18-9-6-8-17(14-18)24(3)13-7-12-23/h4-6,8-11,14,16H,7,12-13,15,23H2,1-3H3. The molecule has 2 rings (SSSR count). The molecule has 0 aliphatic heterocycles. The molecule has 26 heavy (non-hydrogen) atoms. The van der Waals surface area contributed by atoms with Crippen molar-refractivity contribution in [1.82, 2.24) is 0 Å². The van der Waals surface area contributed by atoms with Crippen LogP contribution in [0.4, 0.5) is 15.8 Å². The molecule has 140 valence electrons. The van der Waals surface area contributed by atoms with Gasteiger partial charge in [-0.15, -0.1) is 0 Å². The Kier molecular flexibility index (Phi) is 7.16. The fourth-order valence-electron chi connectivity index (χ4n) is 2.81. The average Bonchev–Trinajstić information content (AvgIpc) is 2.64. The zero-order valence-electron chi connectivity index (χ0n) is 15.8. The summed E-state index contributed by atoms with van der Waals surface area (Å²) in [6.07, 6.45) is 0.893. The molecule has 0 saturated heterocycles. The molecule has 0 fully saturated rings. The van der Waals surface area contributed by atoms with Crippen molar-refractivity contribution in [3.63, 3.8) is 0 Å². The molecule has 0 heterocycles. The fourth-order valence-corrected chi connectivity index (χ4v) is 2.81. The van der Waals surface area contributed by atoms with Crippen LogP contribution in [0, 0.1) is 11.7 Å². The fraction of sp³-hybridized carbons (Fsp3) is 0.381. The van der Waals surface area contributed by atoms with Gasteiger partial charge in [0, 0.05) is 31.5 Å². The van der Waals surface area contributed by atoms with E-state index in [4.69, 9.17) is 5.73 Å². The number of hydrogen-bond donors (Lipinski definition) is 1. The van der Waals surface area contributed by atoms with E-state index in [-0.39, 0.29) is 17.4 Å². The molecule has 0 bridgehead atoms. The maximum absolute atomic E-state index is 14.1. The summed E-state index contributed by atoms with van der Waals surface area (Å²) in [6, 6.07) is 13.9. The van der Waals surface area contributed by atoms with Gasteiger partial charge in [0.25, 0.3) is 5.91 Å². The lowest BCUT2D eigenvalue weighted by Crippen LogP contribution is -2.35. The van der Waals surface area contributed by atoms with Gasteiger partial charge in [0.15, 0.2) is 0 Å². The van der Waals surface area contributed by atoms with Crippen molar-refractivity contribution in [2.24, 2.45) is 11.7 Å². The largest absolute Gasteiger partial charge is 0.374 e. The third-order valence-corrected chi connectivity index (χ3v) is 4.18. The number of halogens is 1. The van der Waals surface area contributed by atoms with Gasteiger partial charge in [0.05, 0.1) is 5.56 Å². The molecule has 1 amide bonds. The summed E-state index contributed by atoms with van der Waals surface area (Å²) in [5, 5.41) is 0. The van der Waals surface area contributed by atoms with Crippen LogP contribution in [0.2, 0.25) is 0 Å². The molecule has 0 atom stereocenters. The molecule has 5 heteroatoms. The lowest BCUT2D eigenvalue weighted by molar-refractivity contribution is 0.0980. The van der Waals surface area contributed by atoms with Crippen LogP contribution in [0.5, 0.6) is 0 Å². The second-order valence-corrected chi connectivity index (χ2v) is 6.87. The highest BCUT2D eigenvalue weighted by Crippen LogP contribution is 2.25. The predicted molar refractivity (Wildman–Crippen MR) is 106 cm³/mol. The van der Waals surface area contributed by atoms with Crippen molar-refractivity contribution in [3.05, 3.63) is 59.9 Å². The maximum atomic E-state index is 14.1. The lowest BCUT2D eigenvalue weighted by Gasteiger charge is -2.27. The molecular weight excluding hydrogens is 329 g/mol. The van der Waals surface area contributed by atoms with Gasteiger partial charge in [-0.3, -0.25) is 4.79 Å². The van der Waals surface area contributed by atoms with Crippen molar-refractivity contribution in [2.45, 2.75) is 20.3 Å². The number of anilines is 2. The second-order valence-electron chi connectivity index (χ2n) is 6.87. The Morgan fingerprint density at radius 2 is 1.81 bits per heavy atom. The van der Waals surface area contributed by atoms with E-state index in [2.05, 4.69) is 4.90 Å². The lowest BCUT2D eigenvalue weighted by atomic mass is 10.1. The molecule has 0 aliphatic rings. The molecule has 4 nitrogen and oxygen atoms in total. The summed E-state index contributed by atoms with van der Waals surface area (Å²) < 4.78 is 14.1. The molecular formula is C21H28FN3O. The first kappa shape index (κ1) is 19.9. The van der Waals surface area contributed by atoms with Gasteiger partial charge in [0.2, 0.25) is 0 Å². The van der Waals surface area contributed by atoms with Gasteiger partial charge in [-0.1, -0.05) is 32.0 Å². The highest BCUT2D eigenvalue weighted by atomic mass is 19.1. The molecule has 0 aromatic heterocycles.